The second-order valence-electron chi connectivity index (χ2n) is 4.83. The zero-order valence-corrected chi connectivity index (χ0v) is 11.2. The van der Waals surface area contributed by atoms with Crippen LogP contribution in [0.25, 0.3) is 0 Å². The van der Waals surface area contributed by atoms with E-state index in [-0.39, 0.29) is 12.3 Å². The van der Waals surface area contributed by atoms with E-state index in [1.165, 1.54) is 7.11 Å². The van der Waals surface area contributed by atoms with Crippen molar-refractivity contribution in [3.8, 4) is 0 Å². The third-order valence-corrected chi connectivity index (χ3v) is 5.14. The Labute approximate surface area is 102 Å². The number of hydrogen-bond donors (Lipinski definition) is 1. The van der Waals surface area contributed by atoms with Crippen LogP contribution in [0, 0.1) is 0 Å². The molecule has 0 unspecified atom stereocenters. The van der Waals surface area contributed by atoms with Crippen LogP contribution in [0.1, 0.15) is 26.7 Å². The molecule has 1 heterocycles. The molecule has 0 aromatic carbocycles. The predicted molar refractivity (Wildman–Crippen MR) is 62.2 cm³/mol. The predicted octanol–water partition coefficient (Wildman–Crippen LogP) is 0.290. The SMILES string of the molecule is COC(C)(C)CS(=O)(=O)N1CCC[C@H]1C(=O)O. The Morgan fingerprint density at radius 1 is 1.53 bits per heavy atom. The highest BCUT2D eigenvalue weighted by molar-refractivity contribution is 7.89. The van der Waals surface area contributed by atoms with Gasteiger partial charge in [0.1, 0.15) is 6.04 Å². The van der Waals surface area contributed by atoms with E-state index in [1.807, 2.05) is 0 Å². The molecule has 0 radical (unpaired) electrons. The number of aliphatic carboxylic acids is 1. The molecular formula is C10H19NO5S. The van der Waals surface area contributed by atoms with Crippen LogP contribution in [-0.4, -0.2) is 54.8 Å². The number of ether oxygens (including phenoxy) is 1. The maximum Gasteiger partial charge on any atom is 0.322 e. The molecule has 0 aromatic heterocycles. The summed E-state index contributed by atoms with van der Waals surface area (Å²) in [5, 5.41) is 8.97. The van der Waals surface area contributed by atoms with Gasteiger partial charge in [0.25, 0.3) is 0 Å². The quantitative estimate of drug-likeness (QED) is 0.772. The average Bonchev–Trinajstić information content (AvgIpc) is 2.65. The van der Waals surface area contributed by atoms with Gasteiger partial charge < -0.3 is 9.84 Å². The van der Waals surface area contributed by atoms with Gasteiger partial charge in [-0.2, -0.15) is 4.31 Å². The van der Waals surface area contributed by atoms with Crippen LogP contribution >= 0.6 is 0 Å². The maximum atomic E-state index is 12.1. The summed E-state index contributed by atoms with van der Waals surface area (Å²) < 4.78 is 30.4. The minimum absolute atomic E-state index is 0.208. The maximum absolute atomic E-state index is 12.1. The van der Waals surface area contributed by atoms with Crippen molar-refractivity contribution >= 4 is 16.0 Å². The Balaban J connectivity index is 2.87. The topological polar surface area (TPSA) is 83.9 Å². The zero-order valence-electron chi connectivity index (χ0n) is 10.3. The van der Waals surface area contributed by atoms with E-state index in [0.717, 1.165) is 4.31 Å². The van der Waals surface area contributed by atoms with Gasteiger partial charge >= 0.3 is 5.97 Å². The van der Waals surface area contributed by atoms with E-state index in [9.17, 15) is 13.2 Å². The number of methoxy groups -OCH3 is 1. The van der Waals surface area contributed by atoms with Crippen molar-refractivity contribution in [2.75, 3.05) is 19.4 Å². The molecule has 0 amide bonds. The highest BCUT2D eigenvalue weighted by Gasteiger charge is 2.41. The molecule has 1 rings (SSSR count). The largest absolute Gasteiger partial charge is 0.480 e. The molecule has 1 aliphatic rings. The Hall–Kier alpha value is -0.660. The van der Waals surface area contributed by atoms with Crippen molar-refractivity contribution in [3.05, 3.63) is 0 Å². The van der Waals surface area contributed by atoms with Gasteiger partial charge in [0, 0.05) is 13.7 Å². The number of carboxylic acids is 1. The first kappa shape index (κ1) is 14.4. The molecule has 0 saturated carbocycles. The van der Waals surface area contributed by atoms with Gasteiger partial charge in [-0.3, -0.25) is 4.79 Å². The average molecular weight is 265 g/mol. The van der Waals surface area contributed by atoms with Crippen LogP contribution in [0.4, 0.5) is 0 Å². The molecule has 1 atom stereocenters. The van der Waals surface area contributed by atoms with Crippen molar-refractivity contribution in [1.29, 1.82) is 0 Å². The molecule has 17 heavy (non-hydrogen) atoms. The van der Waals surface area contributed by atoms with E-state index in [2.05, 4.69) is 0 Å². The highest BCUT2D eigenvalue weighted by Crippen LogP contribution is 2.24. The van der Waals surface area contributed by atoms with Crippen molar-refractivity contribution < 1.29 is 23.1 Å². The van der Waals surface area contributed by atoms with Crippen LogP contribution in [-0.2, 0) is 19.6 Å². The molecule has 0 spiro atoms. The lowest BCUT2D eigenvalue weighted by atomic mass is 10.2. The second-order valence-corrected chi connectivity index (χ2v) is 6.75. The third-order valence-electron chi connectivity index (χ3n) is 2.93. The lowest BCUT2D eigenvalue weighted by molar-refractivity contribution is -0.140. The molecule has 6 nitrogen and oxygen atoms in total. The summed E-state index contributed by atoms with van der Waals surface area (Å²) in [6.45, 7) is 3.60. The lowest BCUT2D eigenvalue weighted by Crippen LogP contribution is -2.46. The number of nitrogens with zero attached hydrogens (tertiary/aromatic N) is 1. The van der Waals surface area contributed by atoms with Gasteiger partial charge in [-0.25, -0.2) is 8.42 Å². The standard InChI is InChI=1S/C10H19NO5S/c1-10(2,16-3)7-17(14,15)11-6-4-5-8(11)9(12)13/h8H,4-7H2,1-3H3,(H,12,13)/t8-/m0/s1. The van der Waals surface area contributed by atoms with Crippen LogP contribution in [0.15, 0.2) is 0 Å². The van der Waals surface area contributed by atoms with Crippen molar-refractivity contribution in [2.24, 2.45) is 0 Å². The number of carboxylic acid groups (broad SMARTS) is 1. The van der Waals surface area contributed by atoms with Crippen LogP contribution < -0.4 is 0 Å². The van der Waals surface area contributed by atoms with E-state index in [4.69, 9.17) is 9.84 Å². The molecule has 1 saturated heterocycles. The molecule has 100 valence electrons. The van der Waals surface area contributed by atoms with E-state index >= 15 is 0 Å². The minimum Gasteiger partial charge on any atom is -0.480 e. The summed E-state index contributed by atoms with van der Waals surface area (Å²) in [5.74, 6) is -1.29. The number of sulfonamides is 1. The molecule has 0 aliphatic carbocycles. The fourth-order valence-corrected chi connectivity index (χ4v) is 4.05. The summed E-state index contributed by atoms with van der Waals surface area (Å²) in [7, 11) is -2.16. The summed E-state index contributed by atoms with van der Waals surface area (Å²) in [5.41, 5.74) is -0.815. The summed E-state index contributed by atoms with van der Waals surface area (Å²) >= 11 is 0. The van der Waals surface area contributed by atoms with E-state index in [1.54, 1.807) is 13.8 Å². The molecule has 1 aliphatic heterocycles. The number of carbonyl (C=O) groups is 1. The van der Waals surface area contributed by atoms with Gasteiger partial charge in [-0.1, -0.05) is 0 Å². The van der Waals surface area contributed by atoms with E-state index < -0.39 is 27.6 Å². The Morgan fingerprint density at radius 3 is 2.59 bits per heavy atom. The molecule has 1 fully saturated rings. The van der Waals surface area contributed by atoms with Gasteiger partial charge in [0.2, 0.25) is 10.0 Å². The first-order chi connectivity index (χ1) is 7.69. The first-order valence-corrected chi connectivity index (χ1v) is 7.08. The summed E-state index contributed by atoms with van der Waals surface area (Å²) in [6, 6.07) is -0.923. The van der Waals surface area contributed by atoms with Gasteiger partial charge in [-0.05, 0) is 26.7 Å². The van der Waals surface area contributed by atoms with Crippen LogP contribution in [0.2, 0.25) is 0 Å². The molecule has 0 bridgehead atoms. The van der Waals surface area contributed by atoms with Gasteiger partial charge in [-0.15, -0.1) is 0 Å². The monoisotopic (exact) mass is 265 g/mol. The molecule has 1 N–H and O–H groups in total. The highest BCUT2D eigenvalue weighted by atomic mass is 32.2. The van der Waals surface area contributed by atoms with Crippen molar-refractivity contribution in [1.82, 2.24) is 4.31 Å². The minimum atomic E-state index is -3.60. The summed E-state index contributed by atoms with van der Waals surface area (Å²) in [4.78, 5) is 11.0. The first-order valence-electron chi connectivity index (χ1n) is 5.47. The number of rotatable bonds is 5. The van der Waals surface area contributed by atoms with E-state index in [0.29, 0.717) is 12.8 Å². The number of hydrogen-bond acceptors (Lipinski definition) is 4. The van der Waals surface area contributed by atoms with Crippen molar-refractivity contribution in [3.63, 3.8) is 0 Å². The van der Waals surface area contributed by atoms with Gasteiger partial charge in [0.15, 0.2) is 0 Å². The second kappa shape index (κ2) is 4.91. The molecule has 7 heteroatoms. The fourth-order valence-electron chi connectivity index (χ4n) is 1.90. The lowest BCUT2D eigenvalue weighted by Gasteiger charge is -2.27. The van der Waals surface area contributed by atoms with Crippen molar-refractivity contribution in [2.45, 2.75) is 38.3 Å². The molecule has 0 aromatic rings. The smallest absolute Gasteiger partial charge is 0.322 e. The zero-order chi connectivity index (χ0) is 13.3. The Kier molecular flexibility index (Phi) is 4.16. The summed E-state index contributed by atoms with van der Waals surface area (Å²) in [6.07, 6.45) is 0.964. The Bertz CT molecular complexity index is 390. The molecular weight excluding hydrogens is 246 g/mol. The third kappa shape index (κ3) is 3.40. The Morgan fingerprint density at radius 2 is 2.12 bits per heavy atom. The normalized spacial score (nSPS) is 22.9. The van der Waals surface area contributed by atoms with Gasteiger partial charge in [0.05, 0.1) is 11.4 Å². The fraction of sp³-hybridized carbons (Fsp3) is 0.900. The van der Waals surface area contributed by atoms with Crippen LogP contribution in [0.3, 0.4) is 0 Å². The van der Waals surface area contributed by atoms with Crippen LogP contribution in [0.5, 0.6) is 0 Å².